The molecular weight excluding hydrogens is 586 g/mol. The number of ether oxygens (including phenoxy) is 3. The van der Waals surface area contributed by atoms with Crippen molar-refractivity contribution >= 4 is 23.2 Å². The van der Waals surface area contributed by atoms with Crippen LogP contribution in [-0.4, -0.2) is 43.3 Å². The minimum Gasteiger partial charge on any atom is -0.490 e. The minimum absolute atomic E-state index is 0.0973. The molecular formula is C38H46ClNO5. The number of halogens is 1. The fourth-order valence-corrected chi connectivity index (χ4v) is 7.37. The summed E-state index contributed by atoms with van der Waals surface area (Å²) in [5, 5.41) is 0.633. The normalized spacial score (nSPS) is 19.4. The smallest absolute Gasteiger partial charge is 0.165 e. The Morgan fingerprint density at radius 2 is 1.56 bits per heavy atom. The molecule has 1 aliphatic heterocycles. The molecule has 0 radical (unpaired) electrons. The molecule has 2 aliphatic carbocycles. The van der Waals surface area contributed by atoms with Crippen LogP contribution in [0.25, 0.3) is 0 Å². The average molecular weight is 632 g/mol. The Labute approximate surface area is 273 Å². The highest BCUT2D eigenvalue weighted by Gasteiger charge is 2.49. The molecule has 240 valence electrons. The molecule has 0 aromatic heterocycles. The fourth-order valence-electron chi connectivity index (χ4n) is 7.18. The van der Waals surface area contributed by atoms with E-state index in [1.165, 1.54) is 0 Å². The van der Waals surface area contributed by atoms with Crippen LogP contribution in [0, 0.1) is 10.8 Å². The number of ketones is 2. The zero-order chi connectivity index (χ0) is 32.5. The molecule has 0 saturated heterocycles. The number of hydrogen-bond acceptors (Lipinski definition) is 6. The van der Waals surface area contributed by atoms with Gasteiger partial charge in [0.1, 0.15) is 6.61 Å². The van der Waals surface area contributed by atoms with E-state index in [9.17, 15) is 9.59 Å². The van der Waals surface area contributed by atoms with Gasteiger partial charge in [0.05, 0.1) is 13.2 Å². The van der Waals surface area contributed by atoms with Gasteiger partial charge in [0.15, 0.2) is 23.1 Å². The highest BCUT2D eigenvalue weighted by molar-refractivity contribution is 6.31. The second-order valence-corrected chi connectivity index (χ2v) is 14.4. The van der Waals surface area contributed by atoms with Crippen molar-refractivity contribution in [3.63, 3.8) is 0 Å². The lowest BCUT2D eigenvalue weighted by Gasteiger charge is -2.49. The summed E-state index contributed by atoms with van der Waals surface area (Å²) in [6.07, 6.45) is 4.72. The van der Waals surface area contributed by atoms with Gasteiger partial charge in [-0.25, -0.2) is 0 Å². The van der Waals surface area contributed by atoms with Gasteiger partial charge in [0, 0.05) is 71.1 Å². The van der Waals surface area contributed by atoms with E-state index in [4.69, 9.17) is 25.8 Å². The van der Waals surface area contributed by atoms with Gasteiger partial charge >= 0.3 is 0 Å². The number of Topliss-reactive ketones (excluding diaryl/α,β-unsaturated/α-hetero) is 2. The van der Waals surface area contributed by atoms with Crippen molar-refractivity contribution in [2.24, 2.45) is 10.8 Å². The van der Waals surface area contributed by atoms with E-state index in [0.29, 0.717) is 55.5 Å². The fraction of sp³-hybridized carbons (Fsp3) is 0.474. The summed E-state index contributed by atoms with van der Waals surface area (Å²) in [4.78, 5) is 30.6. The molecule has 7 heteroatoms. The van der Waals surface area contributed by atoms with Crippen LogP contribution in [0.15, 0.2) is 71.6 Å². The maximum Gasteiger partial charge on any atom is 0.165 e. The largest absolute Gasteiger partial charge is 0.490 e. The Bertz CT molecular complexity index is 1510. The van der Waals surface area contributed by atoms with Crippen LogP contribution >= 0.6 is 11.6 Å². The molecule has 0 atom stereocenters. The monoisotopic (exact) mass is 631 g/mol. The maximum atomic E-state index is 14.2. The molecule has 0 unspecified atom stereocenters. The summed E-state index contributed by atoms with van der Waals surface area (Å²) in [5.41, 5.74) is 5.73. The van der Waals surface area contributed by atoms with Gasteiger partial charge in [-0.1, -0.05) is 69.6 Å². The Kier molecular flexibility index (Phi) is 9.67. The SMILES string of the molecule is C=CCc1cc(C2C3=C(CC(C)(C)CC3=O)N(CCOC)C3=C2C(=O)CC(C)(C)C3)cc(OCC)c1OCc1ccccc1Cl. The molecule has 6 nitrogen and oxygen atoms in total. The third kappa shape index (κ3) is 6.78. The highest BCUT2D eigenvalue weighted by Crippen LogP contribution is 2.55. The molecule has 0 fully saturated rings. The van der Waals surface area contributed by atoms with E-state index < -0.39 is 5.92 Å². The third-order valence-electron chi connectivity index (χ3n) is 9.02. The standard InChI is InChI=1S/C38H46ClNO5/c1-8-12-24-17-26(18-32(44-9-2)36(24)45-23-25-13-10-11-14-27(25)39)33-34-28(19-37(3,4)21-30(34)41)40(15-16-43-7)29-20-38(5,6)22-31(42)35(29)33/h8,10-11,13-14,17-18,33H,1,9,12,15-16,19-23H2,2-7H3. The van der Waals surface area contributed by atoms with Crippen LogP contribution in [0.1, 0.15) is 82.9 Å². The molecule has 0 saturated carbocycles. The van der Waals surface area contributed by atoms with Gasteiger partial charge in [0.25, 0.3) is 0 Å². The summed E-state index contributed by atoms with van der Waals surface area (Å²) in [6, 6.07) is 11.7. The van der Waals surface area contributed by atoms with Gasteiger partial charge in [-0.05, 0) is 54.7 Å². The van der Waals surface area contributed by atoms with Crippen molar-refractivity contribution in [2.45, 2.75) is 79.2 Å². The number of nitrogens with zero attached hydrogens (tertiary/aromatic N) is 1. The van der Waals surface area contributed by atoms with Crippen molar-refractivity contribution in [3.8, 4) is 11.5 Å². The van der Waals surface area contributed by atoms with E-state index >= 15 is 0 Å². The quantitative estimate of drug-likeness (QED) is 0.232. The summed E-state index contributed by atoms with van der Waals surface area (Å²) >= 11 is 6.45. The van der Waals surface area contributed by atoms with Gasteiger partial charge < -0.3 is 19.1 Å². The third-order valence-corrected chi connectivity index (χ3v) is 9.39. The van der Waals surface area contributed by atoms with E-state index in [1.807, 2.05) is 43.3 Å². The van der Waals surface area contributed by atoms with Crippen LogP contribution in [0.3, 0.4) is 0 Å². The van der Waals surface area contributed by atoms with E-state index in [2.05, 4.69) is 45.2 Å². The molecule has 2 aromatic carbocycles. The summed E-state index contributed by atoms with van der Waals surface area (Å²) < 4.78 is 18.2. The Hall–Kier alpha value is -3.35. The van der Waals surface area contributed by atoms with Gasteiger partial charge in [-0.2, -0.15) is 0 Å². The van der Waals surface area contributed by atoms with Crippen LogP contribution in [-0.2, 0) is 27.4 Å². The topological polar surface area (TPSA) is 65.1 Å². The van der Waals surface area contributed by atoms with Crippen molar-refractivity contribution in [1.29, 1.82) is 0 Å². The minimum atomic E-state index is -0.485. The van der Waals surface area contributed by atoms with E-state index in [1.54, 1.807) is 7.11 Å². The van der Waals surface area contributed by atoms with Crippen LogP contribution in [0.5, 0.6) is 11.5 Å². The molecule has 0 amide bonds. The predicted molar refractivity (Wildman–Crippen MR) is 179 cm³/mol. The highest BCUT2D eigenvalue weighted by atomic mass is 35.5. The summed E-state index contributed by atoms with van der Waals surface area (Å²) in [7, 11) is 1.69. The number of carbonyl (C=O) groups excluding carboxylic acids is 2. The van der Waals surface area contributed by atoms with E-state index in [-0.39, 0.29) is 29.0 Å². The van der Waals surface area contributed by atoms with Crippen molar-refractivity contribution in [1.82, 2.24) is 4.90 Å². The Morgan fingerprint density at radius 1 is 0.933 bits per heavy atom. The van der Waals surface area contributed by atoms with Crippen molar-refractivity contribution in [3.05, 3.63) is 93.3 Å². The summed E-state index contributed by atoms with van der Waals surface area (Å²) in [5.74, 6) is 0.910. The molecule has 0 spiro atoms. The zero-order valence-electron chi connectivity index (χ0n) is 27.6. The van der Waals surface area contributed by atoms with Crippen LogP contribution in [0.4, 0.5) is 0 Å². The average Bonchev–Trinajstić information content (AvgIpc) is 2.95. The summed E-state index contributed by atoms with van der Waals surface area (Å²) in [6.45, 7) is 16.3. The van der Waals surface area contributed by atoms with Gasteiger partial charge in [-0.15, -0.1) is 6.58 Å². The molecule has 0 bridgehead atoms. The van der Waals surface area contributed by atoms with Crippen LogP contribution < -0.4 is 9.47 Å². The molecule has 2 aromatic rings. The maximum absolute atomic E-state index is 14.2. The first-order valence-electron chi connectivity index (χ1n) is 16.0. The number of carbonyl (C=O) groups is 2. The Morgan fingerprint density at radius 3 is 2.11 bits per heavy atom. The van der Waals surface area contributed by atoms with Crippen molar-refractivity contribution in [2.75, 3.05) is 26.9 Å². The molecule has 0 N–H and O–H groups in total. The van der Waals surface area contributed by atoms with Crippen molar-refractivity contribution < 1.29 is 23.8 Å². The number of benzene rings is 2. The van der Waals surface area contributed by atoms with E-state index in [0.717, 1.165) is 52.1 Å². The first-order valence-corrected chi connectivity index (χ1v) is 16.3. The number of allylic oxidation sites excluding steroid dienone is 5. The van der Waals surface area contributed by atoms with Gasteiger partial charge in [0.2, 0.25) is 0 Å². The second-order valence-electron chi connectivity index (χ2n) is 14.0. The van der Waals surface area contributed by atoms with Crippen LogP contribution in [0.2, 0.25) is 5.02 Å². The first-order chi connectivity index (χ1) is 21.4. The predicted octanol–water partition coefficient (Wildman–Crippen LogP) is 8.38. The zero-order valence-corrected chi connectivity index (χ0v) is 28.3. The molecule has 3 aliphatic rings. The lowest BCUT2D eigenvalue weighted by Crippen LogP contribution is -2.45. The number of hydrogen-bond donors (Lipinski definition) is 0. The molecule has 1 heterocycles. The van der Waals surface area contributed by atoms with Gasteiger partial charge in [-0.3, -0.25) is 9.59 Å². The lowest BCUT2D eigenvalue weighted by atomic mass is 9.63. The second kappa shape index (κ2) is 13.2. The Balaban J connectivity index is 1.72. The number of rotatable bonds is 11. The number of methoxy groups -OCH3 is 1. The molecule has 5 rings (SSSR count). The molecule has 45 heavy (non-hydrogen) atoms. The lowest BCUT2D eigenvalue weighted by molar-refractivity contribution is -0.119. The first kappa shape index (κ1) is 33.0.